The van der Waals surface area contributed by atoms with Crippen LogP contribution in [0.5, 0.6) is 0 Å². The molecule has 88 valence electrons. The van der Waals surface area contributed by atoms with E-state index in [-0.39, 0.29) is 17.0 Å². The van der Waals surface area contributed by atoms with Crippen LogP contribution in [0.25, 0.3) is 0 Å². The molecule has 0 unspecified atom stereocenters. The number of nitro groups is 1. The van der Waals surface area contributed by atoms with Crippen molar-refractivity contribution in [1.29, 1.82) is 0 Å². The van der Waals surface area contributed by atoms with Crippen LogP contribution in [0.1, 0.15) is 25.3 Å². The number of nitrogens with zero attached hydrogens (tertiary/aromatic N) is 2. The van der Waals surface area contributed by atoms with Gasteiger partial charge in [0.15, 0.2) is 0 Å². The number of fused-ring (bicyclic) bond motifs is 2. The van der Waals surface area contributed by atoms with Crippen molar-refractivity contribution in [3.8, 4) is 0 Å². The molecule has 1 amide bonds. The number of nitro benzene ring substituents is 1. The van der Waals surface area contributed by atoms with Crippen molar-refractivity contribution >= 4 is 17.3 Å². The van der Waals surface area contributed by atoms with E-state index in [1.807, 2.05) is 6.07 Å². The Morgan fingerprint density at radius 2 is 2.18 bits per heavy atom. The fraction of sp³-hybridized carbons (Fsp3) is 0.417. The fourth-order valence-corrected chi connectivity index (χ4v) is 2.64. The lowest BCUT2D eigenvalue weighted by Gasteiger charge is -2.14. The van der Waals surface area contributed by atoms with Crippen LogP contribution in [0.3, 0.4) is 0 Å². The Labute approximate surface area is 98.2 Å². The summed E-state index contributed by atoms with van der Waals surface area (Å²) in [7, 11) is 0. The predicted octanol–water partition coefficient (Wildman–Crippen LogP) is 1.99. The molecule has 0 aromatic heterocycles. The van der Waals surface area contributed by atoms with Crippen molar-refractivity contribution in [2.45, 2.75) is 25.2 Å². The molecule has 1 aliphatic heterocycles. The second-order valence-electron chi connectivity index (χ2n) is 4.84. The second-order valence-corrected chi connectivity index (χ2v) is 4.84. The highest BCUT2D eigenvalue weighted by Crippen LogP contribution is 2.56. The lowest BCUT2D eigenvalue weighted by atomic mass is 9.98. The summed E-state index contributed by atoms with van der Waals surface area (Å²) in [5.74, 6) is -0.0458. The zero-order chi connectivity index (χ0) is 12.2. The van der Waals surface area contributed by atoms with Crippen molar-refractivity contribution in [2.24, 2.45) is 0 Å². The van der Waals surface area contributed by atoms with E-state index >= 15 is 0 Å². The van der Waals surface area contributed by atoms with Crippen LogP contribution < -0.4 is 4.90 Å². The molecule has 1 heterocycles. The van der Waals surface area contributed by atoms with Gasteiger partial charge in [0, 0.05) is 31.0 Å². The van der Waals surface area contributed by atoms with Gasteiger partial charge >= 0.3 is 0 Å². The molecule has 5 heteroatoms. The highest BCUT2D eigenvalue weighted by atomic mass is 16.6. The first-order chi connectivity index (χ1) is 8.03. The maximum absolute atomic E-state index is 11.6. The molecule has 1 aliphatic carbocycles. The van der Waals surface area contributed by atoms with Crippen LogP contribution >= 0.6 is 0 Å². The van der Waals surface area contributed by atoms with Gasteiger partial charge in [0.25, 0.3) is 5.69 Å². The normalized spacial score (nSPS) is 19.2. The molecule has 5 nitrogen and oxygen atoms in total. The van der Waals surface area contributed by atoms with Crippen molar-refractivity contribution in [3.63, 3.8) is 0 Å². The first kappa shape index (κ1) is 10.3. The molecule has 17 heavy (non-hydrogen) atoms. The number of anilines is 1. The lowest BCUT2D eigenvalue weighted by molar-refractivity contribution is -0.384. The Hall–Kier alpha value is -1.91. The Balaban J connectivity index is 2.13. The number of carbonyl (C=O) groups is 1. The highest BCUT2D eigenvalue weighted by Gasteiger charge is 2.52. The van der Waals surface area contributed by atoms with E-state index in [0.29, 0.717) is 6.54 Å². The van der Waals surface area contributed by atoms with Crippen LogP contribution in [0.2, 0.25) is 0 Å². The predicted molar refractivity (Wildman–Crippen MR) is 62.0 cm³/mol. The molecule has 1 aromatic carbocycles. The average molecular weight is 232 g/mol. The van der Waals surface area contributed by atoms with Gasteiger partial charge in [0.1, 0.15) is 0 Å². The van der Waals surface area contributed by atoms with Crippen molar-refractivity contribution in [2.75, 3.05) is 11.4 Å². The van der Waals surface area contributed by atoms with Crippen LogP contribution in [0, 0.1) is 10.1 Å². The van der Waals surface area contributed by atoms with Gasteiger partial charge in [-0.2, -0.15) is 0 Å². The Morgan fingerprint density at radius 3 is 2.71 bits per heavy atom. The maximum atomic E-state index is 11.6. The van der Waals surface area contributed by atoms with Gasteiger partial charge in [0.05, 0.1) is 10.6 Å². The van der Waals surface area contributed by atoms with Crippen molar-refractivity contribution in [3.05, 3.63) is 33.9 Å². The van der Waals surface area contributed by atoms with Crippen LogP contribution in [-0.2, 0) is 10.2 Å². The highest BCUT2D eigenvalue weighted by molar-refractivity contribution is 5.95. The van der Waals surface area contributed by atoms with Crippen LogP contribution in [-0.4, -0.2) is 17.4 Å². The van der Waals surface area contributed by atoms with Crippen LogP contribution in [0.4, 0.5) is 11.4 Å². The summed E-state index contributed by atoms with van der Waals surface area (Å²) in [4.78, 5) is 23.6. The number of hydrogen-bond donors (Lipinski definition) is 0. The SMILES string of the molecule is CC(=O)N1CC2(CC2)c2ccc([N+](=O)[O-])cc21. The van der Waals surface area contributed by atoms with Crippen LogP contribution in [0.15, 0.2) is 18.2 Å². The van der Waals surface area contributed by atoms with Gasteiger partial charge in [0.2, 0.25) is 5.91 Å². The van der Waals surface area contributed by atoms with E-state index in [4.69, 9.17) is 0 Å². The molecule has 1 fully saturated rings. The number of amides is 1. The number of hydrogen-bond acceptors (Lipinski definition) is 3. The molecule has 1 spiro atoms. The molecule has 0 saturated heterocycles. The van der Waals surface area contributed by atoms with E-state index in [1.165, 1.54) is 19.1 Å². The average Bonchev–Trinajstić information content (AvgIpc) is 2.97. The monoisotopic (exact) mass is 232 g/mol. The zero-order valence-corrected chi connectivity index (χ0v) is 9.47. The third-order valence-corrected chi connectivity index (χ3v) is 3.75. The number of benzene rings is 1. The molecule has 0 bridgehead atoms. The van der Waals surface area contributed by atoms with Gasteiger partial charge in [-0.05, 0) is 24.5 Å². The summed E-state index contributed by atoms with van der Waals surface area (Å²) in [5.41, 5.74) is 1.96. The van der Waals surface area contributed by atoms with E-state index in [2.05, 4.69) is 0 Å². The molecule has 1 aromatic rings. The summed E-state index contributed by atoms with van der Waals surface area (Å²) in [5, 5.41) is 10.8. The topological polar surface area (TPSA) is 63.5 Å². The molecule has 2 aliphatic rings. The third-order valence-electron chi connectivity index (χ3n) is 3.75. The smallest absolute Gasteiger partial charge is 0.271 e. The molecule has 1 saturated carbocycles. The molecule has 3 rings (SSSR count). The summed E-state index contributed by atoms with van der Waals surface area (Å²) >= 11 is 0. The summed E-state index contributed by atoms with van der Waals surface area (Å²) in [6.07, 6.45) is 2.14. The molecule has 0 atom stereocenters. The summed E-state index contributed by atoms with van der Waals surface area (Å²) < 4.78 is 0. The summed E-state index contributed by atoms with van der Waals surface area (Å²) in [6, 6.07) is 4.86. The quantitative estimate of drug-likeness (QED) is 0.549. The van der Waals surface area contributed by atoms with Crippen molar-refractivity contribution < 1.29 is 9.72 Å². The van der Waals surface area contributed by atoms with Gasteiger partial charge < -0.3 is 4.90 Å². The molecule has 0 N–H and O–H groups in total. The van der Waals surface area contributed by atoms with Gasteiger partial charge in [-0.15, -0.1) is 0 Å². The number of carbonyl (C=O) groups excluding carboxylic acids is 1. The minimum atomic E-state index is -0.420. The molecule has 0 radical (unpaired) electrons. The van der Waals surface area contributed by atoms with E-state index in [1.54, 1.807) is 4.90 Å². The number of rotatable bonds is 1. The minimum Gasteiger partial charge on any atom is -0.311 e. The van der Waals surface area contributed by atoms with E-state index in [9.17, 15) is 14.9 Å². The largest absolute Gasteiger partial charge is 0.311 e. The Kier molecular flexibility index (Phi) is 1.85. The molecular weight excluding hydrogens is 220 g/mol. The minimum absolute atomic E-state index is 0.0458. The first-order valence-electron chi connectivity index (χ1n) is 5.61. The Morgan fingerprint density at radius 1 is 1.47 bits per heavy atom. The summed E-state index contributed by atoms with van der Waals surface area (Å²) in [6.45, 7) is 2.18. The fourth-order valence-electron chi connectivity index (χ4n) is 2.64. The van der Waals surface area contributed by atoms with Gasteiger partial charge in [-0.25, -0.2) is 0 Å². The molecular formula is C12H12N2O3. The first-order valence-corrected chi connectivity index (χ1v) is 5.61. The zero-order valence-electron chi connectivity index (χ0n) is 9.47. The van der Waals surface area contributed by atoms with Gasteiger partial charge in [-0.3, -0.25) is 14.9 Å². The standard InChI is InChI=1S/C12H12N2O3/c1-8(15)13-7-12(4-5-12)10-3-2-9(14(16)17)6-11(10)13/h2-3,6H,4-5,7H2,1H3. The second kappa shape index (κ2) is 3.06. The van der Waals surface area contributed by atoms with E-state index in [0.717, 1.165) is 24.1 Å². The Bertz CT molecular complexity index is 535. The van der Waals surface area contributed by atoms with Crippen molar-refractivity contribution in [1.82, 2.24) is 0 Å². The van der Waals surface area contributed by atoms with E-state index < -0.39 is 4.92 Å². The number of non-ortho nitro benzene ring substituents is 1. The van der Waals surface area contributed by atoms with Gasteiger partial charge in [-0.1, -0.05) is 0 Å². The lowest BCUT2D eigenvalue weighted by Crippen LogP contribution is -2.28. The third kappa shape index (κ3) is 1.35. The maximum Gasteiger partial charge on any atom is 0.271 e.